The van der Waals surface area contributed by atoms with Gasteiger partial charge in [0, 0.05) is 0 Å². The predicted octanol–water partition coefficient (Wildman–Crippen LogP) is -3.64. The van der Waals surface area contributed by atoms with Crippen LogP contribution in [0.5, 0.6) is 0 Å². The van der Waals surface area contributed by atoms with E-state index in [2.05, 4.69) is 27.7 Å². The van der Waals surface area contributed by atoms with Crippen LogP contribution in [-0.2, 0) is 0 Å². The van der Waals surface area contributed by atoms with Crippen molar-refractivity contribution in [2.45, 2.75) is 38.8 Å². The van der Waals surface area contributed by atoms with Crippen molar-refractivity contribution in [3.05, 3.63) is 0 Å². The van der Waals surface area contributed by atoms with E-state index in [1.54, 1.807) is 0 Å². The van der Waals surface area contributed by atoms with E-state index < -0.39 is 0 Å². The average molecular weight is 128 g/mol. The van der Waals surface area contributed by atoms with Crippen molar-refractivity contribution in [2.24, 2.45) is 0 Å². The molecule has 0 spiro atoms. The van der Waals surface area contributed by atoms with Crippen molar-refractivity contribution >= 4 is 9.52 Å². The zero-order valence-electron chi connectivity index (χ0n) is 7.65. The van der Waals surface area contributed by atoms with E-state index in [9.17, 15) is 0 Å². The number of hydrogen-bond acceptors (Lipinski definition) is 0. The SMILES string of the molecule is CC(C)[Si-]C(C)C.[Li+].[Li+]. The molecule has 0 aromatic rings. The minimum Gasteiger partial charge on any atom is -0.422 e. The number of rotatable bonds is 2. The molecule has 0 rings (SSSR count). The molecule has 0 unspecified atom stereocenters. The molecule has 0 atom stereocenters. The Kier molecular flexibility index (Phi) is 17.6. The van der Waals surface area contributed by atoms with Gasteiger partial charge in [-0.3, -0.25) is 0 Å². The van der Waals surface area contributed by atoms with Crippen LogP contribution < -0.4 is 37.7 Å². The molecule has 9 heavy (non-hydrogen) atoms. The first-order valence-corrected chi connectivity index (χ1v) is 4.04. The fourth-order valence-electron chi connectivity index (χ4n) is 0.667. The first kappa shape index (κ1) is 16.8. The molecule has 1 radical (unpaired) electrons. The molecule has 0 nitrogen and oxygen atoms in total. The molecule has 0 aliphatic carbocycles. The van der Waals surface area contributed by atoms with Gasteiger partial charge in [-0.2, -0.15) is 0 Å². The second-order valence-corrected chi connectivity index (χ2v) is 5.12. The smallest absolute Gasteiger partial charge is 0.422 e. The minimum absolute atomic E-state index is 0. The molecule has 0 aromatic carbocycles. The molecule has 0 aliphatic heterocycles. The van der Waals surface area contributed by atoms with Crippen LogP contribution in [0, 0.1) is 0 Å². The normalized spacial score (nSPS) is 8.67. The molecule has 0 N–H and O–H groups in total. The maximum absolute atomic E-state index is 2.28. The van der Waals surface area contributed by atoms with Crippen LogP contribution in [0.3, 0.4) is 0 Å². The van der Waals surface area contributed by atoms with E-state index in [1.165, 1.54) is 0 Å². The summed E-state index contributed by atoms with van der Waals surface area (Å²) >= 11 is 0. The molecular weight excluding hydrogens is 114 g/mol. The van der Waals surface area contributed by atoms with Gasteiger partial charge in [0.2, 0.25) is 0 Å². The topological polar surface area (TPSA) is 0 Å². The first-order valence-electron chi connectivity index (χ1n) is 2.89. The summed E-state index contributed by atoms with van der Waals surface area (Å²) in [7, 11) is 1.15. The molecule has 0 aromatic heterocycles. The Morgan fingerprint density at radius 2 is 1.00 bits per heavy atom. The largest absolute Gasteiger partial charge is 1.00 e. The molecule has 3 heteroatoms. The summed E-state index contributed by atoms with van der Waals surface area (Å²) in [4.78, 5) is 0. The van der Waals surface area contributed by atoms with Crippen LogP contribution in [0.25, 0.3) is 0 Å². The molecule has 0 saturated heterocycles. The fraction of sp³-hybridized carbons (Fsp3) is 1.00. The molecular formula is C6H14Li2Si+. The quantitative estimate of drug-likeness (QED) is 0.336. The molecule has 0 amide bonds. The zero-order chi connectivity index (χ0) is 5.86. The van der Waals surface area contributed by atoms with Gasteiger partial charge < -0.3 is 9.52 Å². The van der Waals surface area contributed by atoms with Crippen LogP contribution >= 0.6 is 0 Å². The maximum Gasteiger partial charge on any atom is 1.00 e. The van der Waals surface area contributed by atoms with E-state index in [0.717, 1.165) is 20.6 Å². The Morgan fingerprint density at radius 1 is 0.778 bits per heavy atom. The van der Waals surface area contributed by atoms with Gasteiger partial charge in [0.1, 0.15) is 0 Å². The third-order valence-corrected chi connectivity index (χ3v) is 2.00. The average Bonchev–Trinajstić information content (AvgIpc) is 1.27. The Balaban J connectivity index is -0.000000180. The van der Waals surface area contributed by atoms with Crippen molar-refractivity contribution in [3.63, 3.8) is 0 Å². The van der Waals surface area contributed by atoms with Crippen molar-refractivity contribution in [2.75, 3.05) is 0 Å². The van der Waals surface area contributed by atoms with E-state index in [1.807, 2.05) is 0 Å². The number of hydrogen-bond donors (Lipinski definition) is 0. The van der Waals surface area contributed by atoms with E-state index in [0.29, 0.717) is 0 Å². The van der Waals surface area contributed by atoms with Crippen LogP contribution in [0.1, 0.15) is 27.7 Å². The van der Waals surface area contributed by atoms with Gasteiger partial charge in [-0.1, -0.05) is 27.7 Å². The van der Waals surface area contributed by atoms with Gasteiger partial charge in [-0.15, -0.1) is 0 Å². The van der Waals surface area contributed by atoms with Gasteiger partial charge in [-0.25, -0.2) is 11.1 Å². The van der Waals surface area contributed by atoms with E-state index in [-0.39, 0.29) is 37.7 Å². The molecule has 0 fully saturated rings. The Hall–Kier alpha value is 1.41. The summed E-state index contributed by atoms with van der Waals surface area (Å²) in [6.45, 7) is 9.10. The second-order valence-electron chi connectivity index (χ2n) is 2.48. The maximum atomic E-state index is 2.28. The molecule has 0 aliphatic rings. The van der Waals surface area contributed by atoms with Crippen LogP contribution in [0.15, 0.2) is 0 Å². The first-order chi connectivity index (χ1) is 3.13. The minimum atomic E-state index is 0. The molecule has 43 valence electrons. The van der Waals surface area contributed by atoms with Gasteiger partial charge in [0.15, 0.2) is 0 Å². The van der Waals surface area contributed by atoms with Crippen molar-refractivity contribution in [1.82, 2.24) is 0 Å². The molecule has 0 saturated carbocycles. The predicted molar refractivity (Wildman–Crippen MR) is 35.9 cm³/mol. The molecule has 0 heterocycles. The summed E-state index contributed by atoms with van der Waals surface area (Å²) in [5.41, 5.74) is 1.81. The Morgan fingerprint density at radius 3 is 1.00 bits per heavy atom. The zero-order valence-corrected chi connectivity index (χ0v) is 8.65. The van der Waals surface area contributed by atoms with Crippen molar-refractivity contribution < 1.29 is 37.7 Å². The standard InChI is InChI=1S/C6H14Si.2Li/c1-5(2)7-6(3)4;;/h5-6H,1-4H3;;/q-1;2*+1. The van der Waals surface area contributed by atoms with E-state index >= 15 is 0 Å². The molecule has 0 bridgehead atoms. The van der Waals surface area contributed by atoms with Gasteiger partial charge in [0.25, 0.3) is 0 Å². The summed E-state index contributed by atoms with van der Waals surface area (Å²) in [6, 6.07) is 0. The monoisotopic (exact) mass is 128 g/mol. The van der Waals surface area contributed by atoms with Gasteiger partial charge in [0.05, 0.1) is 0 Å². The summed E-state index contributed by atoms with van der Waals surface area (Å²) in [5, 5.41) is 0. The van der Waals surface area contributed by atoms with Gasteiger partial charge >= 0.3 is 37.7 Å². The summed E-state index contributed by atoms with van der Waals surface area (Å²) in [5.74, 6) is 0. The third-order valence-electron chi connectivity index (χ3n) is 0.667. The van der Waals surface area contributed by atoms with Crippen molar-refractivity contribution in [1.29, 1.82) is 0 Å². The summed E-state index contributed by atoms with van der Waals surface area (Å²) < 4.78 is 0. The van der Waals surface area contributed by atoms with Crippen LogP contribution in [0.4, 0.5) is 0 Å². The summed E-state index contributed by atoms with van der Waals surface area (Å²) in [6.07, 6.45) is 0. The Bertz CT molecular complexity index is 40.3. The van der Waals surface area contributed by atoms with Gasteiger partial charge in [-0.05, 0) is 0 Å². The van der Waals surface area contributed by atoms with Crippen LogP contribution in [0.2, 0.25) is 11.1 Å². The second kappa shape index (κ2) is 9.41. The van der Waals surface area contributed by atoms with E-state index in [4.69, 9.17) is 0 Å². The van der Waals surface area contributed by atoms with Crippen LogP contribution in [-0.4, -0.2) is 9.52 Å². The Labute approximate surface area is 85.7 Å². The third kappa shape index (κ3) is 17.7. The fourth-order valence-corrected chi connectivity index (χ4v) is 2.00. The van der Waals surface area contributed by atoms with Crippen molar-refractivity contribution in [3.8, 4) is 0 Å².